The number of fused-ring (bicyclic) bond motifs is 2. The van der Waals surface area contributed by atoms with E-state index in [1.807, 2.05) is 12.4 Å². The molecule has 1 aliphatic carbocycles. The van der Waals surface area contributed by atoms with Crippen molar-refractivity contribution in [2.75, 3.05) is 0 Å². The van der Waals surface area contributed by atoms with Gasteiger partial charge in [0.25, 0.3) is 0 Å². The Labute approximate surface area is 132 Å². The van der Waals surface area contributed by atoms with Crippen molar-refractivity contribution in [3.05, 3.63) is 51.5 Å². The van der Waals surface area contributed by atoms with Gasteiger partial charge in [-0.1, -0.05) is 11.6 Å². The van der Waals surface area contributed by atoms with Crippen LogP contribution in [0.25, 0.3) is 10.9 Å². The first-order chi connectivity index (χ1) is 10.8. The minimum atomic E-state index is 0.782. The number of hydrogen-bond donors (Lipinski definition) is 1. The molecule has 0 amide bonds. The van der Waals surface area contributed by atoms with Gasteiger partial charge in [0.05, 0.1) is 5.56 Å². The van der Waals surface area contributed by atoms with Crippen LogP contribution in [-0.2, 0) is 12.8 Å². The quantitative estimate of drug-likeness (QED) is 0.688. The van der Waals surface area contributed by atoms with Crippen molar-refractivity contribution >= 4 is 33.5 Å². The maximum atomic E-state index is 9.41. The van der Waals surface area contributed by atoms with Crippen LogP contribution >= 0.6 is 11.3 Å². The summed E-state index contributed by atoms with van der Waals surface area (Å²) < 4.78 is 0. The van der Waals surface area contributed by atoms with Crippen molar-refractivity contribution in [3.8, 4) is 6.07 Å². The number of nitrogens with zero attached hydrogens (tertiary/aromatic N) is 2. The molecule has 0 saturated heterocycles. The van der Waals surface area contributed by atoms with Crippen LogP contribution in [0, 0.1) is 18.3 Å². The highest BCUT2D eigenvalue weighted by atomic mass is 32.1. The van der Waals surface area contributed by atoms with Crippen LogP contribution in [0.3, 0.4) is 0 Å². The molecule has 22 heavy (non-hydrogen) atoms. The van der Waals surface area contributed by atoms with E-state index in [1.54, 1.807) is 11.3 Å². The summed E-state index contributed by atoms with van der Waals surface area (Å²) in [5.74, 6) is 0. The summed E-state index contributed by atoms with van der Waals surface area (Å²) in [5.41, 5.74) is 5.42. The molecule has 1 aromatic carbocycles. The Morgan fingerprint density at radius 3 is 3.14 bits per heavy atom. The van der Waals surface area contributed by atoms with E-state index < -0.39 is 0 Å². The Morgan fingerprint density at radius 1 is 1.36 bits per heavy atom. The van der Waals surface area contributed by atoms with Gasteiger partial charge in [0.1, 0.15) is 11.1 Å². The van der Waals surface area contributed by atoms with Gasteiger partial charge in [-0.3, -0.25) is 0 Å². The van der Waals surface area contributed by atoms with E-state index in [0.717, 1.165) is 34.5 Å². The molecule has 2 heterocycles. The lowest BCUT2D eigenvalue weighted by Crippen LogP contribution is -1.81. The molecule has 4 rings (SSSR count). The molecular formula is C18H15N3S. The van der Waals surface area contributed by atoms with E-state index >= 15 is 0 Å². The van der Waals surface area contributed by atoms with E-state index in [4.69, 9.17) is 0 Å². The first-order valence-electron chi connectivity index (χ1n) is 7.42. The number of aromatic nitrogens is 1. The van der Waals surface area contributed by atoms with Gasteiger partial charge in [-0.25, -0.2) is 4.99 Å². The maximum absolute atomic E-state index is 9.41. The highest BCUT2D eigenvalue weighted by molar-refractivity contribution is 7.16. The van der Waals surface area contributed by atoms with Crippen LogP contribution < -0.4 is 0 Å². The molecule has 0 spiro atoms. The highest BCUT2D eigenvalue weighted by Gasteiger charge is 2.21. The summed E-state index contributed by atoms with van der Waals surface area (Å²) in [5, 5.41) is 11.4. The first-order valence-corrected chi connectivity index (χ1v) is 8.24. The second kappa shape index (κ2) is 5.11. The third-order valence-corrected chi connectivity index (χ3v) is 5.40. The number of hydrogen-bond acceptors (Lipinski definition) is 3. The van der Waals surface area contributed by atoms with Crippen LogP contribution in [0.1, 0.15) is 33.6 Å². The lowest BCUT2D eigenvalue weighted by Gasteiger charge is -1.95. The summed E-state index contributed by atoms with van der Waals surface area (Å²) in [6.07, 6.45) is 7.13. The summed E-state index contributed by atoms with van der Waals surface area (Å²) in [6.45, 7) is 2.09. The van der Waals surface area contributed by atoms with Gasteiger partial charge >= 0.3 is 0 Å². The van der Waals surface area contributed by atoms with Crippen molar-refractivity contribution in [1.82, 2.24) is 4.98 Å². The zero-order chi connectivity index (χ0) is 15.1. The molecular weight excluding hydrogens is 290 g/mol. The van der Waals surface area contributed by atoms with Gasteiger partial charge in [0, 0.05) is 33.8 Å². The number of aromatic amines is 1. The smallest absolute Gasteiger partial charge is 0.134 e. The molecule has 0 fully saturated rings. The van der Waals surface area contributed by atoms with Crippen molar-refractivity contribution in [3.63, 3.8) is 0 Å². The molecule has 1 aliphatic rings. The van der Waals surface area contributed by atoms with E-state index in [1.165, 1.54) is 27.8 Å². The predicted molar refractivity (Wildman–Crippen MR) is 91.3 cm³/mol. The highest BCUT2D eigenvalue weighted by Crippen LogP contribution is 2.40. The fourth-order valence-corrected chi connectivity index (χ4v) is 4.27. The van der Waals surface area contributed by atoms with Crippen LogP contribution in [-0.4, -0.2) is 11.2 Å². The molecule has 108 valence electrons. The minimum absolute atomic E-state index is 0.782. The molecule has 0 saturated carbocycles. The zero-order valence-electron chi connectivity index (χ0n) is 12.3. The summed E-state index contributed by atoms with van der Waals surface area (Å²) in [7, 11) is 0. The standard InChI is InChI=1S/C18H15N3S/c1-11-5-6-16-14(7-11)12(9-20-16)10-21-18-15(8-19)13-3-2-4-17(13)22-18/h5-7,9-10,20H,2-4H2,1H3. The number of thiophene rings is 1. The molecule has 0 bridgehead atoms. The first kappa shape index (κ1) is 13.3. The average molecular weight is 305 g/mol. The van der Waals surface area contributed by atoms with Gasteiger partial charge in [-0.15, -0.1) is 11.3 Å². The summed E-state index contributed by atoms with van der Waals surface area (Å²) in [4.78, 5) is 9.23. The zero-order valence-corrected chi connectivity index (χ0v) is 13.1. The Balaban J connectivity index is 1.75. The normalized spacial score (nSPS) is 13.8. The fourth-order valence-electron chi connectivity index (χ4n) is 3.09. The van der Waals surface area contributed by atoms with Gasteiger partial charge in [0.2, 0.25) is 0 Å². The van der Waals surface area contributed by atoms with E-state index in [2.05, 4.69) is 41.2 Å². The Bertz CT molecular complexity index is 937. The topological polar surface area (TPSA) is 51.9 Å². The minimum Gasteiger partial charge on any atom is -0.361 e. The van der Waals surface area contributed by atoms with E-state index in [0.29, 0.717) is 0 Å². The second-order valence-corrected chi connectivity index (χ2v) is 6.78. The maximum Gasteiger partial charge on any atom is 0.134 e. The molecule has 0 radical (unpaired) electrons. The number of H-pyrrole nitrogens is 1. The van der Waals surface area contributed by atoms with Gasteiger partial charge < -0.3 is 4.98 Å². The average Bonchev–Trinajstić information content (AvgIpc) is 3.18. The number of aryl methyl sites for hydroxylation is 2. The van der Waals surface area contributed by atoms with Crippen LogP contribution in [0.15, 0.2) is 29.4 Å². The summed E-state index contributed by atoms with van der Waals surface area (Å²) in [6, 6.07) is 8.68. The van der Waals surface area contributed by atoms with Crippen molar-refractivity contribution in [1.29, 1.82) is 5.26 Å². The molecule has 1 N–H and O–H groups in total. The van der Waals surface area contributed by atoms with Crippen LogP contribution in [0.2, 0.25) is 0 Å². The van der Waals surface area contributed by atoms with Gasteiger partial charge in [0.15, 0.2) is 0 Å². The molecule has 2 aromatic heterocycles. The van der Waals surface area contributed by atoms with Gasteiger partial charge in [-0.2, -0.15) is 5.26 Å². The Hall–Kier alpha value is -2.38. The second-order valence-electron chi connectivity index (χ2n) is 5.70. The van der Waals surface area contributed by atoms with Crippen LogP contribution in [0.5, 0.6) is 0 Å². The SMILES string of the molecule is Cc1ccc2[nH]cc(C=Nc3sc4c(c3C#N)CCC4)c2c1. The lowest BCUT2D eigenvalue weighted by molar-refractivity contribution is 0.913. The van der Waals surface area contributed by atoms with Crippen molar-refractivity contribution in [2.45, 2.75) is 26.2 Å². The Morgan fingerprint density at radius 2 is 2.27 bits per heavy atom. The number of nitrogens with one attached hydrogen (secondary N) is 1. The molecule has 0 atom stereocenters. The Kier molecular flexibility index (Phi) is 3.09. The van der Waals surface area contributed by atoms with Gasteiger partial charge in [-0.05, 0) is 43.9 Å². The number of benzene rings is 1. The molecule has 0 aliphatic heterocycles. The third-order valence-electron chi connectivity index (χ3n) is 4.20. The fraction of sp³-hybridized carbons (Fsp3) is 0.222. The molecule has 3 aromatic rings. The molecule has 4 heteroatoms. The predicted octanol–water partition coefficient (Wildman–Crippen LogP) is 4.65. The lowest BCUT2D eigenvalue weighted by atomic mass is 10.1. The molecule has 3 nitrogen and oxygen atoms in total. The number of nitriles is 1. The van der Waals surface area contributed by atoms with E-state index in [-0.39, 0.29) is 0 Å². The summed E-state index contributed by atoms with van der Waals surface area (Å²) >= 11 is 1.67. The van der Waals surface area contributed by atoms with Crippen LogP contribution in [0.4, 0.5) is 5.00 Å². The van der Waals surface area contributed by atoms with E-state index in [9.17, 15) is 5.26 Å². The third kappa shape index (κ3) is 2.06. The van der Waals surface area contributed by atoms with Crippen molar-refractivity contribution in [2.24, 2.45) is 4.99 Å². The number of rotatable bonds is 2. The largest absolute Gasteiger partial charge is 0.361 e. The number of aliphatic imine (C=N–C) groups is 1. The molecule has 0 unspecified atom stereocenters. The monoisotopic (exact) mass is 305 g/mol. The van der Waals surface area contributed by atoms with Crippen molar-refractivity contribution < 1.29 is 0 Å².